The summed E-state index contributed by atoms with van der Waals surface area (Å²) in [5, 5.41) is 2.57. The third-order valence-corrected chi connectivity index (χ3v) is 6.20. The van der Waals surface area contributed by atoms with Crippen LogP contribution in [0, 0.1) is 5.82 Å². The lowest BCUT2D eigenvalue weighted by atomic mass is 10.1. The van der Waals surface area contributed by atoms with Gasteiger partial charge in [0.25, 0.3) is 0 Å². The Morgan fingerprint density at radius 3 is 2.46 bits per heavy atom. The molecule has 0 bridgehead atoms. The van der Waals surface area contributed by atoms with Gasteiger partial charge in [0.05, 0.1) is 23.7 Å². The number of para-hydroxylation sites is 1. The summed E-state index contributed by atoms with van der Waals surface area (Å²) in [6.07, 6.45) is 0.502. The van der Waals surface area contributed by atoms with E-state index in [-0.39, 0.29) is 35.7 Å². The lowest BCUT2D eigenvalue weighted by Crippen LogP contribution is -2.41. The standard InChI is InChI=1S/C19H21FN2O3S/c20-17-8-4-5-9-18(17)21-19(23)13-22(12-15-6-2-1-3-7-15)16-10-11-26(24,25)14-16/h1-9,16H,10-14H2,(H,21,23). The van der Waals surface area contributed by atoms with Crippen LogP contribution in [0.5, 0.6) is 0 Å². The van der Waals surface area contributed by atoms with Crippen LogP contribution < -0.4 is 5.32 Å². The van der Waals surface area contributed by atoms with E-state index in [2.05, 4.69) is 5.32 Å². The predicted molar refractivity (Wildman–Crippen MR) is 98.9 cm³/mol. The Balaban J connectivity index is 1.72. The molecule has 0 aliphatic carbocycles. The highest BCUT2D eigenvalue weighted by Gasteiger charge is 2.33. The number of nitrogens with one attached hydrogen (secondary N) is 1. The third kappa shape index (κ3) is 4.89. The fourth-order valence-corrected chi connectivity index (χ4v) is 4.89. The number of rotatable bonds is 6. The molecule has 2 aromatic rings. The molecule has 0 spiro atoms. The first kappa shape index (κ1) is 18.5. The molecule has 138 valence electrons. The molecule has 1 fully saturated rings. The number of halogens is 1. The normalized spacial score (nSPS) is 18.8. The predicted octanol–water partition coefficient (Wildman–Crippen LogP) is 2.45. The van der Waals surface area contributed by atoms with Crippen LogP contribution in [-0.4, -0.2) is 43.3 Å². The summed E-state index contributed by atoms with van der Waals surface area (Å²) in [4.78, 5) is 14.3. The minimum atomic E-state index is -3.07. The van der Waals surface area contributed by atoms with E-state index < -0.39 is 15.7 Å². The van der Waals surface area contributed by atoms with E-state index >= 15 is 0 Å². The largest absolute Gasteiger partial charge is 0.322 e. The van der Waals surface area contributed by atoms with Crippen LogP contribution in [0.25, 0.3) is 0 Å². The van der Waals surface area contributed by atoms with Gasteiger partial charge < -0.3 is 5.32 Å². The number of anilines is 1. The van der Waals surface area contributed by atoms with Gasteiger partial charge in [-0.2, -0.15) is 0 Å². The maximum Gasteiger partial charge on any atom is 0.238 e. The summed E-state index contributed by atoms with van der Waals surface area (Å²) < 4.78 is 37.4. The van der Waals surface area contributed by atoms with Gasteiger partial charge in [0.15, 0.2) is 9.84 Å². The van der Waals surface area contributed by atoms with Gasteiger partial charge in [-0.25, -0.2) is 12.8 Å². The molecule has 2 aromatic carbocycles. The highest BCUT2D eigenvalue weighted by Crippen LogP contribution is 2.20. The van der Waals surface area contributed by atoms with Crippen molar-refractivity contribution in [1.29, 1.82) is 0 Å². The topological polar surface area (TPSA) is 66.5 Å². The van der Waals surface area contributed by atoms with E-state index in [0.29, 0.717) is 13.0 Å². The van der Waals surface area contributed by atoms with Gasteiger partial charge in [0, 0.05) is 12.6 Å². The molecule has 7 heteroatoms. The van der Waals surface area contributed by atoms with Crippen LogP contribution >= 0.6 is 0 Å². The van der Waals surface area contributed by atoms with Gasteiger partial charge in [0.1, 0.15) is 5.82 Å². The quantitative estimate of drug-likeness (QED) is 0.841. The monoisotopic (exact) mass is 376 g/mol. The zero-order valence-corrected chi connectivity index (χ0v) is 15.1. The summed E-state index contributed by atoms with van der Waals surface area (Å²) in [5.41, 5.74) is 1.12. The number of carbonyl (C=O) groups excluding carboxylic acids is 1. The Kier molecular flexibility index (Phi) is 5.68. The summed E-state index contributed by atoms with van der Waals surface area (Å²) >= 11 is 0. The first-order valence-corrected chi connectivity index (χ1v) is 10.3. The van der Waals surface area contributed by atoms with E-state index in [1.54, 1.807) is 12.1 Å². The molecule has 1 amide bonds. The highest BCUT2D eigenvalue weighted by molar-refractivity contribution is 7.91. The Hall–Kier alpha value is -2.25. The molecule has 0 saturated carbocycles. The SMILES string of the molecule is O=C(CN(Cc1ccccc1)C1CCS(=O)(=O)C1)Nc1ccccc1F. The Morgan fingerprint density at radius 2 is 1.81 bits per heavy atom. The van der Waals surface area contributed by atoms with Crippen molar-refractivity contribution in [3.63, 3.8) is 0 Å². The van der Waals surface area contributed by atoms with E-state index in [0.717, 1.165) is 5.56 Å². The maximum absolute atomic E-state index is 13.7. The van der Waals surface area contributed by atoms with Crippen LogP contribution in [0.15, 0.2) is 54.6 Å². The van der Waals surface area contributed by atoms with Crippen molar-refractivity contribution in [2.75, 3.05) is 23.4 Å². The van der Waals surface area contributed by atoms with Crippen molar-refractivity contribution < 1.29 is 17.6 Å². The van der Waals surface area contributed by atoms with E-state index in [9.17, 15) is 17.6 Å². The highest BCUT2D eigenvalue weighted by atomic mass is 32.2. The maximum atomic E-state index is 13.7. The van der Waals surface area contributed by atoms with Crippen molar-refractivity contribution in [1.82, 2.24) is 4.90 Å². The number of amides is 1. The second-order valence-corrected chi connectivity index (χ2v) is 8.70. The van der Waals surface area contributed by atoms with Crippen molar-refractivity contribution in [2.45, 2.75) is 19.0 Å². The van der Waals surface area contributed by atoms with E-state index in [1.807, 2.05) is 35.2 Å². The minimum absolute atomic E-state index is 0.00339. The first-order chi connectivity index (χ1) is 12.4. The van der Waals surface area contributed by atoms with Gasteiger partial charge in [-0.15, -0.1) is 0 Å². The second-order valence-electron chi connectivity index (χ2n) is 6.48. The molecule has 1 heterocycles. The second kappa shape index (κ2) is 7.97. The molecule has 3 rings (SSSR count). The van der Waals surface area contributed by atoms with Gasteiger partial charge >= 0.3 is 0 Å². The number of benzene rings is 2. The summed E-state index contributed by atoms with van der Waals surface area (Å²) in [6, 6.07) is 15.3. The molecule has 26 heavy (non-hydrogen) atoms. The van der Waals surface area contributed by atoms with Crippen molar-refractivity contribution in [2.24, 2.45) is 0 Å². The van der Waals surface area contributed by atoms with Crippen LogP contribution in [0.1, 0.15) is 12.0 Å². The number of hydrogen-bond donors (Lipinski definition) is 1. The molecule has 1 saturated heterocycles. The minimum Gasteiger partial charge on any atom is -0.322 e. The summed E-state index contributed by atoms with van der Waals surface area (Å²) in [5.74, 6) is -0.681. The molecule has 1 aliphatic heterocycles. The van der Waals surface area contributed by atoms with Crippen LogP contribution in [-0.2, 0) is 21.2 Å². The lowest BCUT2D eigenvalue weighted by Gasteiger charge is -2.27. The van der Waals surface area contributed by atoms with Crippen molar-refractivity contribution >= 4 is 21.4 Å². The average Bonchev–Trinajstić information content (AvgIpc) is 2.97. The van der Waals surface area contributed by atoms with E-state index in [4.69, 9.17) is 0 Å². The summed E-state index contributed by atoms with van der Waals surface area (Å²) in [7, 11) is -3.07. The lowest BCUT2D eigenvalue weighted by molar-refractivity contribution is -0.117. The molecular formula is C19H21FN2O3S. The molecule has 1 unspecified atom stereocenters. The van der Waals surface area contributed by atoms with Gasteiger partial charge in [-0.1, -0.05) is 42.5 Å². The number of hydrogen-bond acceptors (Lipinski definition) is 4. The molecule has 1 N–H and O–H groups in total. The van der Waals surface area contributed by atoms with Crippen molar-refractivity contribution in [3.8, 4) is 0 Å². The average molecular weight is 376 g/mol. The van der Waals surface area contributed by atoms with Crippen LogP contribution in [0.2, 0.25) is 0 Å². The number of nitrogens with zero attached hydrogens (tertiary/aromatic N) is 1. The molecule has 1 atom stereocenters. The molecule has 1 aliphatic rings. The molecule has 5 nitrogen and oxygen atoms in total. The van der Waals surface area contributed by atoms with Crippen LogP contribution in [0.4, 0.5) is 10.1 Å². The van der Waals surface area contributed by atoms with Gasteiger partial charge in [0.2, 0.25) is 5.91 Å². The zero-order chi connectivity index (χ0) is 18.6. The Labute approximate surface area is 152 Å². The fraction of sp³-hybridized carbons (Fsp3) is 0.316. The first-order valence-electron chi connectivity index (χ1n) is 8.46. The van der Waals surface area contributed by atoms with E-state index in [1.165, 1.54) is 12.1 Å². The molecular weight excluding hydrogens is 355 g/mol. The molecule has 0 radical (unpaired) electrons. The zero-order valence-electron chi connectivity index (χ0n) is 14.3. The number of carbonyl (C=O) groups is 1. The summed E-state index contributed by atoms with van der Waals surface area (Å²) in [6.45, 7) is 0.467. The van der Waals surface area contributed by atoms with Gasteiger partial charge in [-0.3, -0.25) is 9.69 Å². The Morgan fingerprint density at radius 1 is 1.12 bits per heavy atom. The van der Waals surface area contributed by atoms with Crippen molar-refractivity contribution in [3.05, 3.63) is 66.0 Å². The smallest absolute Gasteiger partial charge is 0.238 e. The third-order valence-electron chi connectivity index (χ3n) is 4.45. The van der Waals surface area contributed by atoms with Crippen LogP contribution in [0.3, 0.4) is 0 Å². The Bertz CT molecular complexity index is 871. The molecule has 0 aromatic heterocycles. The fourth-order valence-electron chi connectivity index (χ4n) is 3.13. The number of sulfone groups is 1. The van der Waals surface area contributed by atoms with Gasteiger partial charge in [-0.05, 0) is 24.1 Å².